The molecule has 0 fully saturated rings. The minimum absolute atomic E-state index is 0.163. The number of carbonyl (C=O) groups excluding carboxylic acids is 2. The van der Waals surface area contributed by atoms with E-state index in [-0.39, 0.29) is 11.6 Å². The predicted molar refractivity (Wildman–Crippen MR) is 107 cm³/mol. The summed E-state index contributed by atoms with van der Waals surface area (Å²) in [6.45, 7) is 2.06. The van der Waals surface area contributed by atoms with Crippen molar-refractivity contribution >= 4 is 39.7 Å². The van der Waals surface area contributed by atoms with Gasteiger partial charge in [0.25, 0.3) is 0 Å². The molecule has 0 aliphatic heterocycles. The van der Waals surface area contributed by atoms with Crippen LogP contribution in [-0.2, 0) is 11.2 Å². The van der Waals surface area contributed by atoms with Gasteiger partial charge in [-0.05, 0) is 30.2 Å². The van der Waals surface area contributed by atoms with Crippen molar-refractivity contribution in [1.82, 2.24) is 4.98 Å². The number of benzene rings is 2. The van der Waals surface area contributed by atoms with Crippen LogP contribution in [-0.4, -0.2) is 23.8 Å². The topological polar surface area (TPSA) is 94.3 Å². The SMILES string of the molecule is CCc1ccc(C(=O)c2sc(Nc3cccc(C(=O)OC)c3)nc2N)cc1. The molecule has 6 nitrogen and oxygen atoms in total. The maximum Gasteiger partial charge on any atom is 0.337 e. The highest BCUT2D eigenvalue weighted by Gasteiger charge is 2.18. The van der Waals surface area contributed by atoms with Crippen LogP contribution >= 0.6 is 11.3 Å². The molecule has 3 aromatic rings. The first-order valence-electron chi connectivity index (χ1n) is 8.37. The van der Waals surface area contributed by atoms with Crippen molar-refractivity contribution in [3.63, 3.8) is 0 Å². The number of ketones is 1. The summed E-state index contributed by atoms with van der Waals surface area (Å²) in [7, 11) is 1.33. The number of carbonyl (C=O) groups is 2. The van der Waals surface area contributed by atoms with Gasteiger partial charge < -0.3 is 15.8 Å². The molecule has 0 aliphatic carbocycles. The van der Waals surface area contributed by atoms with Crippen molar-refractivity contribution in [3.8, 4) is 0 Å². The van der Waals surface area contributed by atoms with Gasteiger partial charge in [-0.2, -0.15) is 0 Å². The highest BCUT2D eigenvalue weighted by atomic mass is 32.1. The molecule has 27 heavy (non-hydrogen) atoms. The van der Waals surface area contributed by atoms with Gasteiger partial charge >= 0.3 is 5.97 Å². The molecule has 0 atom stereocenters. The van der Waals surface area contributed by atoms with Gasteiger partial charge in [0.2, 0.25) is 5.78 Å². The van der Waals surface area contributed by atoms with Gasteiger partial charge in [0.1, 0.15) is 10.7 Å². The number of methoxy groups -OCH3 is 1. The first-order valence-corrected chi connectivity index (χ1v) is 9.18. The van der Waals surface area contributed by atoms with Gasteiger partial charge in [-0.3, -0.25) is 4.79 Å². The van der Waals surface area contributed by atoms with Crippen LogP contribution in [0.2, 0.25) is 0 Å². The zero-order chi connectivity index (χ0) is 19.4. The molecule has 3 rings (SSSR count). The summed E-state index contributed by atoms with van der Waals surface area (Å²) in [6.07, 6.45) is 0.913. The maximum atomic E-state index is 12.7. The number of nitrogens with zero attached hydrogens (tertiary/aromatic N) is 1. The summed E-state index contributed by atoms with van der Waals surface area (Å²) in [5.41, 5.74) is 8.75. The Bertz CT molecular complexity index is 980. The Hall–Kier alpha value is -3.19. The molecule has 0 bridgehead atoms. The van der Waals surface area contributed by atoms with Crippen molar-refractivity contribution in [3.05, 3.63) is 70.1 Å². The van der Waals surface area contributed by atoms with Gasteiger partial charge in [0, 0.05) is 11.3 Å². The standard InChI is InChI=1S/C20H19N3O3S/c1-3-12-7-9-13(10-8-12)16(24)17-18(21)23-20(27-17)22-15-6-4-5-14(11-15)19(25)26-2/h4-11H,3,21H2,1-2H3,(H,22,23). The normalized spacial score (nSPS) is 10.4. The average Bonchev–Trinajstić information content (AvgIpc) is 3.07. The quantitative estimate of drug-likeness (QED) is 0.494. The van der Waals surface area contributed by atoms with Crippen LogP contribution in [0.1, 0.15) is 38.1 Å². The summed E-state index contributed by atoms with van der Waals surface area (Å²) in [4.78, 5) is 29.0. The molecule has 0 saturated carbocycles. The molecular weight excluding hydrogens is 362 g/mol. The zero-order valence-electron chi connectivity index (χ0n) is 15.0. The summed E-state index contributed by atoms with van der Waals surface area (Å²) < 4.78 is 4.72. The second kappa shape index (κ2) is 8.01. The molecule has 0 unspecified atom stereocenters. The van der Waals surface area contributed by atoms with Gasteiger partial charge in [0.15, 0.2) is 5.13 Å². The Balaban J connectivity index is 1.82. The number of esters is 1. The first kappa shape index (κ1) is 18.6. The molecule has 1 aromatic heterocycles. The highest BCUT2D eigenvalue weighted by Crippen LogP contribution is 2.30. The van der Waals surface area contributed by atoms with E-state index in [4.69, 9.17) is 10.5 Å². The Morgan fingerprint density at radius 1 is 1.15 bits per heavy atom. The van der Waals surface area contributed by atoms with E-state index in [2.05, 4.69) is 17.2 Å². The lowest BCUT2D eigenvalue weighted by Gasteiger charge is -2.04. The number of anilines is 3. The largest absolute Gasteiger partial charge is 0.465 e. The van der Waals surface area contributed by atoms with Gasteiger partial charge in [-0.1, -0.05) is 48.6 Å². The van der Waals surface area contributed by atoms with Crippen LogP contribution in [0.3, 0.4) is 0 Å². The van der Waals surface area contributed by atoms with Crippen LogP contribution in [0.25, 0.3) is 0 Å². The lowest BCUT2D eigenvalue weighted by molar-refractivity contribution is 0.0600. The van der Waals surface area contributed by atoms with E-state index in [1.165, 1.54) is 18.4 Å². The molecule has 0 amide bonds. The highest BCUT2D eigenvalue weighted by molar-refractivity contribution is 7.18. The number of hydrogen-bond acceptors (Lipinski definition) is 7. The number of hydrogen-bond donors (Lipinski definition) is 2. The fraction of sp³-hybridized carbons (Fsp3) is 0.150. The van der Waals surface area contributed by atoms with Crippen LogP contribution in [0.5, 0.6) is 0 Å². The summed E-state index contributed by atoms with van der Waals surface area (Å²) in [5.74, 6) is -0.413. The average molecular weight is 381 g/mol. The number of thiazole rings is 1. The van der Waals surface area contributed by atoms with Gasteiger partial charge in [-0.25, -0.2) is 9.78 Å². The second-order valence-electron chi connectivity index (χ2n) is 5.81. The minimum Gasteiger partial charge on any atom is -0.465 e. The van der Waals surface area contributed by atoms with E-state index < -0.39 is 5.97 Å². The van der Waals surface area contributed by atoms with Crippen molar-refractivity contribution in [2.75, 3.05) is 18.2 Å². The lowest BCUT2D eigenvalue weighted by atomic mass is 10.1. The summed E-state index contributed by atoms with van der Waals surface area (Å²) in [6, 6.07) is 14.3. The zero-order valence-corrected chi connectivity index (χ0v) is 15.8. The third-order valence-electron chi connectivity index (χ3n) is 4.02. The van der Waals surface area contributed by atoms with Crippen LogP contribution in [0.4, 0.5) is 16.6 Å². The fourth-order valence-electron chi connectivity index (χ4n) is 2.54. The molecular formula is C20H19N3O3S. The van der Waals surface area contributed by atoms with E-state index in [0.29, 0.717) is 26.8 Å². The smallest absolute Gasteiger partial charge is 0.337 e. The Morgan fingerprint density at radius 3 is 2.56 bits per heavy atom. The van der Waals surface area contributed by atoms with Crippen molar-refractivity contribution in [1.29, 1.82) is 0 Å². The van der Waals surface area contributed by atoms with Crippen molar-refractivity contribution in [2.45, 2.75) is 13.3 Å². The predicted octanol–water partition coefficient (Wildman–Crippen LogP) is 4.05. The van der Waals surface area contributed by atoms with E-state index >= 15 is 0 Å². The van der Waals surface area contributed by atoms with E-state index in [9.17, 15) is 9.59 Å². The van der Waals surface area contributed by atoms with Gasteiger partial charge in [-0.15, -0.1) is 0 Å². The number of nitrogen functional groups attached to an aromatic ring is 1. The molecule has 2 aromatic carbocycles. The fourth-order valence-corrected chi connectivity index (χ4v) is 3.40. The summed E-state index contributed by atoms with van der Waals surface area (Å²) >= 11 is 1.17. The number of aryl methyl sites for hydroxylation is 1. The Morgan fingerprint density at radius 2 is 1.89 bits per heavy atom. The van der Waals surface area contributed by atoms with Crippen molar-refractivity contribution < 1.29 is 14.3 Å². The van der Waals surface area contributed by atoms with Crippen LogP contribution in [0.15, 0.2) is 48.5 Å². The molecule has 0 radical (unpaired) electrons. The van der Waals surface area contributed by atoms with Gasteiger partial charge in [0.05, 0.1) is 12.7 Å². The number of nitrogens with one attached hydrogen (secondary N) is 1. The second-order valence-corrected chi connectivity index (χ2v) is 6.81. The monoisotopic (exact) mass is 381 g/mol. The van der Waals surface area contributed by atoms with E-state index in [1.807, 2.05) is 12.1 Å². The molecule has 0 saturated heterocycles. The third-order valence-corrected chi connectivity index (χ3v) is 5.00. The molecule has 7 heteroatoms. The number of nitrogens with two attached hydrogens (primary N) is 1. The summed E-state index contributed by atoms with van der Waals surface area (Å²) in [5, 5.41) is 3.55. The number of ether oxygens (including phenoxy) is 1. The molecule has 0 spiro atoms. The van der Waals surface area contributed by atoms with E-state index in [0.717, 1.165) is 12.0 Å². The number of rotatable bonds is 6. The van der Waals surface area contributed by atoms with Crippen LogP contribution in [0, 0.1) is 0 Å². The molecule has 138 valence electrons. The molecule has 0 aliphatic rings. The number of aromatic nitrogens is 1. The molecule has 3 N–H and O–H groups in total. The Labute approximate surface area is 161 Å². The Kier molecular flexibility index (Phi) is 5.52. The van der Waals surface area contributed by atoms with E-state index in [1.54, 1.807) is 36.4 Å². The minimum atomic E-state index is -0.427. The van der Waals surface area contributed by atoms with Crippen LogP contribution < -0.4 is 11.1 Å². The lowest BCUT2D eigenvalue weighted by Crippen LogP contribution is -2.02. The first-order chi connectivity index (χ1) is 13.0. The van der Waals surface area contributed by atoms with Crippen molar-refractivity contribution in [2.24, 2.45) is 0 Å². The third kappa shape index (κ3) is 4.15. The maximum absolute atomic E-state index is 12.7. The molecule has 1 heterocycles.